The number of carbonyl (C=O) groups excluding carboxylic acids is 6. The number of carboxylic acid groups (broad SMARTS) is 3. The third-order valence-corrected chi connectivity index (χ3v) is 25.4. The summed E-state index contributed by atoms with van der Waals surface area (Å²) in [6.07, 6.45) is 9.99. The molecule has 48 nitrogen and oxygen atoms in total. The van der Waals surface area contributed by atoms with Gasteiger partial charge >= 0.3 is 49.1 Å². The lowest BCUT2D eigenvalue weighted by Crippen LogP contribution is -2.68. The second-order valence-electron chi connectivity index (χ2n) is 33.2. The molecule has 3 aromatic heterocycles. The van der Waals surface area contributed by atoms with E-state index < -0.39 is 193 Å². The van der Waals surface area contributed by atoms with Crippen LogP contribution in [-0.2, 0) is 102 Å². The Bertz CT molecular complexity index is 5310. The molecule has 6 heterocycles. The molecule has 6 fully saturated rings. The van der Waals surface area contributed by atoms with Gasteiger partial charge in [-0.3, -0.25) is 57.4 Å². The molecule has 54 heteroatoms. The molecule has 3 saturated heterocycles. The molecule has 6 aliphatic rings. The van der Waals surface area contributed by atoms with E-state index in [-0.39, 0.29) is 50.6 Å². The summed E-state index contributed by atoms with van der Waals surface area (Å²) in [5, 5.41) is 46.2. The van der Waals surface area contributed by atoms with E-state index >= 15 is 0 Å². The number of Topliss-reactive ketones (excluding diaryl/α,β-unsaturated/α-hetero) is 3. The van der Waals surface area contributed by atoms with E-state index in [4.69, 9.17) is 76.8 Å². The third-order valence-electron chi connectivity index (χ3n) is 22.4. The zero-order valence-electron chi connectivity index (χ0n) is 73.5. The number of thiazole rings is 3. The summed E-state index contributed by atoms with van der Waals surface area (Å²) < 4.78 is 123. The first-order valence-electron chi connectivity index (χ1n) is 41.8. The Labute approximate surface area is 785 Å². The van der Waals surface area contributed by atoms with Crippen LogP contribution in [0.3, 0.4) is 0 Å². The molecule has 12 rings (SSSR count). The van der Waals surface area contributed by atoms with Gasteiger partial charge in [-0.2, -0.15) is 40.4 Å². The number of carbonyl (C=O) groups is 9. The maximum absolute atomic E-state index is 13.3. The van der Waals surface area contributed by atoms with Gasteiger partial charge in [0.1, 0.15) is 71.7 Å². The van der Waals surface area contributed by atoms with Gasteiger partial charge in [0.15, 0.2) is 49.9 Å². The summed E-state index contributed by atoms with van der Waals surface area (Å²) in [5.41, 5.74) is 32.5. The van der Waals surface area contributed by atoms with Gasteiger partial charge in [0.25, 0.3) is 36.0 Å². The first-order valence-corrected chi connectivity index (χ1v) is 48.6. The SMILES string of the molecule is CC1(C)[C@H](CC(=O)/C(=N\O[C@@H](COc2ccc(C(N)=NC3CCCCC3)cc2)C(=O)O)c2csc(N)n2)C(=O)N1OS(=O)(=O)O.CC1(C)[C@H](CC(=O)/C(=N\O[C@@H](COc2ccc(C(N)=NC3CCCCC3)cc2)C(=O)O)c2csc(N)n2)C(=O)N1OS(=O)(=O)O.CC1(C)[C@H](CC(=O)/C(=N\O[C@@H](COc2ccc(C(N)=NC3CCCCC3)cc2)C(=O)O)c2csc(N)n2)C(=O)N1OS(=O)(=O)O. The first kappa shape index (κ1) is 105. The van der Waals surface area contributed by atoms with E-state index in [0.29, 0.717) is 66.6 Å². The van der Waals surface area contributed by atoms with Crippen molar-refractivity contribution in [1.29, 1.82) is 0 Å². The molecule has 0 bridgehead atoms. The minimum absolute atomic E-state index is 0.0220. The van der Waals surface area contributed by atoms with Crippen molar-refractivity contribution in [3.05, 3.63) is 123 Å². The number of nitrogen functional groups attached to an aromatic ring is 3. The van der Waals surface area contributed by atoms with Crippen LogP contribution in [0.25, 0.3) is 0 Å². The summed E-state index contributed by atoms with van der Waals surface area (Å²) in [5.74, 6) is -10.2. The molecule has 3 aliphatic carbocycles. The maximum Gasteiger partial charge on any atom is 0.418 e. The minimum Gasteiger partial charge on any atom is -0.489 e. The van der Waals surface area contributed by atoms with Gasteiger partial charge in [0.2, 0.25) is 0 Å². The Morgan fingerprint density at radius 3 is 0.807 bits per heavy atom. The number of oxime groups is 3. The van der Waals surface area contributed by atoms with E-state index in [1.807, 2.05) is 0 Å². The lowest BCUT2D eigenvalue weighted by Gasteiger charge is -2.50. The number of amides is 3. The number of hydroxylamine groups is 6. The Morgan fingerprint density at radius 2 is 0.622 bits per heavy atom. The van der Waals surface area contributed by atoms with Gasteiger partial charge in [-0.25, -0.2) is 29.3 Å². The fourth-order valence-electron chi connectivity index (χ4n) is 14.8. The Balaban J connectivity index is 0.000000209. The van der Waals surface area contributed by atoms with Crippen LogP contribution in [0.1, 0.15) is 191 Å². The smallest absolute Gasteiger partial charge is 0.418 e. The summed E-state index contributed by atoms with van der Waals surface area (Å²) in [4.78, 5) is 155. The molecule has 3 saturated carbocycles. The first-order chi connectivity index (χ1) is 63.5. The zero-order valence-corrected chi connectivity index (χ0v) is 78.4. The molecular weight excluding hydrogens is 1900 g/mol. The van der Waals surface area contributed by atoms with E-state index in [1.165, 1.54) is 76.9 Å². The number of ketones is 3. The molecule has 0 unspecified atom stereocenters. The van der Waals surface area contributed by atoms with Crippen LogP contribution in [0, 0.1) is 17.8 Å². The van der Waals surface area contributed by atoms with Crippen LogP contribution in [0.4, 0.5) is 15.4 Å². The molecular formula is C81H102N18O30S6. The number of carboxylic acids is 3. The van der Waals surface area contributed by atoms with E-state index in [9.17, 15) is 83.7 Å². The van der Waals surface area contributed by atoms with Crippen molar-refractivity contribution in [1.82, 2.24) is 30.1 Å². The summed E-state index contributed by atoms with van der Waals surface area (Å²) in [6, 6.07) is 20.5. The Kier molecular flexibility index (Phi) is 35.1. The van der Waals surface area contributed by atoms with E-state index in [2.05, 4.69) is 58.2 Å². The number of hydrogen-bond acceptors (Lipinski definition) is 39. The van der Waals surface area contributed by atoms with Crippen LogP contribution >= 0.6 is 34.0 Å². The second-order valence-corrected chi connectivity index (χ2v) is 38.8. The van der Waals surface area contributed by atoms with Crippen molar-refractivity contribution in [2.75, 3.05) is 37.0 Å². The highest BCUT2D eigenvalue weighted by Gasteiger charge is 2.60. The average Bonchev–Trinajstić information content (AvgIpc) is 1.20. The van der Waals surface area contributed by atoms with Gasteiger partial charge in [-0.15, -0.1) is 46.9 Å². The molecule has 3 amide bonds. The standard InChI is InChI=1S/3C27H34N6O10S2/c3*1-27(2)18(24(35)33(27)43-45(38,39)40)12-20(34)22(19-14-44-26(29)31-19)32-42-21(25(36)37)13-41-17-10-8-15(9-11-17)23(28)30-16-6-4-3-5-7-16/h3*8-11,14,16,18,21H,3-7,12-13H2,1-2H3,(H2,28,30)(H2,29,31)(H,36,37)(H,38,39,40)/b3*32-22-/t3*18-,21+/m111/s1. The van der Waals surface area contributed by atoms with Crippen LogP contribution in [-0.4, -0.2) is 245 Å². The number of aliphatic carboxylic acids is 3. The normalized spacial score (nSPS) is 19.9. The topological polar surface area (TPSA) is 739 Å². The number of nitrogens with zero attached hydrogens (tertiary/aromatic N) is 12. The fraction of sp³-hybridized carbons (Fsp3) is 0.481. The van der Waals surface area contributed by atoms with Crippen LogP contribution in [0.2, 0.25) is 0 Å². The Morgan fingerprint density at radius 1 is 0.400 bits per heavy atom. The highest BCUT2D eigenvalue weighted by Crippen LogP contribution is 2.44. The van der Waals surface area contributed by atoms with Crippen molar-refractivity contribution in [3.8, 4) is 17.2 Å². The molecule has 6 atom stereocenters. The van der Waals surface area contributed by atoms with Crippen molar-refractivity contribution in [2.45, 2.75) is 210 Å². The van der Waals surface area contributed by atoms with Crippen LogP contribution in [0.5, 0.6) is 17.2 Å². The summed E-state index contributed by atoms with van der Waals surface area (Å²) in [6.45, 7) is 7.09. The number of ether oxygens (including phenoxy) is 3. The molecule has 135 heavy (non-hydrogen) atoms. The van der Waals surface area contributed by atoms with E-state index in [0.717, 1.165) is 111 Å². The van der Waals surface area contributed by atoms with Gasteiger partial charge in [-0.05, 0) is 153 Å². The number of β-lactam (4-membered cyclic amide) rings is 3. The van der Waals surface area contributed by atoms with Gasteiger partial charge in [0.05, 0.1) is 52.5 Å². The molecule has 3 aromatic carbocycles. The fourth-order valence-corrected chi connectivity index (χ4v) is 17.8. The number of rotatable bonds is 42. The number of hydrogen-bond donors (Lipinski definition) is 12. The van der Waals surface area contributed by atoms with Crippen molar-refractivity contribution in [3.63, 3.8) is 0 Å². The molecule has 732 valence electrons. The maximum atomic E-state index is 13.3. The van der Waals surface area contributed by atoms with Crippen molar-refractivity contribution in [2.24, 2.45) is 65.4 Å². The molecule has 0 radical (unpaired) electrons. The second kappa shape index (κ2) is 45.3. The average molecular weight is 2000 g/mol. The van der Waals surface area contributed by atoms with Crippen molar-refractivity contribution < 1.29 is 139 Å². The number of nitrogens with two attached hydrogens (primary N) is 6. The molecule has 6 aromatic rings. The number of aromatic nitrogens is 3. The number of anilines is 3. The largest absolute Gasteiger partial charge is 0.489 e. The summed E-state index contributed by atoms with van der Waals surface area (Å²) in [7, 11) is -15.0. The van der Waals surface area contributed by atoms with Gasteiger partial charge in [0, 0.05) is 52.1 Å². The monoisotopic (exact) mass is 2000 g/mol. The predicted octanol–water partition coefficient (Wildman–Crippen LogP) is 5.84. The number of benzene rings is 3. The molecule has 18 N–H and O–H groups in total. The highest BCUT2D eigenvalue weighted by molar-refractivity contribution is 7.81. The third kappa shape index (κ3) is 28.8. The van der Waals surface area contributed by atoms with Gasteiger partial charge in [-0.1, -0.05) is 73.3 Å². The number of aliphatic imine (C=N–C) groups is 3. The zero-order chi connectivity index (χ0) is 98.8. The Hall–Kier alpha value is -12.4. The lowest BCUT2D eigenvalue weighted by atomic mass is 9.74. The quantitative estimate of drug-likeness (QED) is 0.00704. The lowest BCUT2D eigenvalue weighted by molar-refractivity contribution is -0.228. The van der Waals surface area contributed by atoms with Crippen LogP contribution in [0.15, 0.2) is 119 Å². The minimum atomic E-state index is -4.98. The highest BCUT2D eigenvalue weighted by atomic mass is 32.3. The predicted molar refractivity (Wildman–Crippen MR) is 485 cm³/mol. The van der Waals surface area contributed by atoms with Crippen LogP contribution < -0.4 is 48.6 Å². The summed E-state index contributed by atoms with van der Waals surface area (Å²) >= 11 is 2.96. The molecule has 3 aliphatic heterocycles. The van der Waals surface area contributed by atoms with Crippen molar-refractivity contribution >= 4 is 168 Å². The van der Waals surface area contributed by atoms with Gasteiger partial charge < -0.3 is 78.4 Å². The number of amidine groups is 3. The molecule has 0 spiro atoms. The van der Waals surface area contributed by atoms with E-state index in [1.54, 1.807) is 72.8 Å².